The molecule has 3 nitrogen and oxygen atoms in total. The first kappa shape index (κ1) is 11.6. The smallest absolute Gasteiger partial charge is 0.137 e. The lowest BCUT2D eigenvalue weighted by Crippen LogP contribution is -2.00. The SMILES string of the molecule is CC(C)Cc1nc2ccc(Br)cn2c1CO. The van der Waals surface area contributed by atoms with E-state index in [0.717, 1.165) is 27.9 Å². The van der Waals surface area contributed by atoms with E-state index in [1.807, 2.05) is 22.7 Å². The average Bonchev–Trinajstić information content (AvgIpc) is 2.53. The summed E-state index contributed by atoms with van der Waals surface area (Å²) in [6, 6.07) is 3.91. The molecule has 0 saturated carbocycles. The van der Waals surface area contributed by atoms with Gasteiger partial charge in [0.15, 0.2) is 0 Å². The molecule has 4 heteroatoms. The van der Waals surface area contributed by atoms with Crippen LogP contribution < -0.4 is 0 Å². The number of pyridine rings is 1. The van der Waals surface area contributed by atoms with Crippen molar-refractivity contribution in [2.24, 2.45) is 5.92 Å². The van der Waals surface area contributed by atoms with Gasteiger partial charge >= 0.3 is 0 Å². The fourth-order valence-electron chi connectivity index (χ4n) is 1.83. The van der Waals surface area contributed by atoms with Crippen LogP contribution >= 0.6 is 15.9 Å². The van der Waals surface area contributed by atoms with Crippen LogP contribution in [0.5, 0.6) is 0 Å². The molecule has 2 rings (SSSR count). The van der Waals surface area contributed by atoms with Crippen LogP contribution in [0.1, 0.15) is 25.2 Å². The Morgan fingerprint density at radius 1 is 1.44 bits per heavy atom. The molecule has 0 radical (unpaired) electrons. The Kier molecular flexibility index (Phi) is 3.30. The molecule has 86 valence electrons. The van der Waals surface area contributed by atoms with Crippen molar-refractivity contribution < 1.29 is 5.11 Å². The first-order valence-electron chi connectivity index (χ1n) is 5.38. The van der Waals surface area contributed by atoms with Gasteiger partial charge in [-0.15, -0.1) is 0 Å². The maximum atomic E-state index is 9.43. The number of aromatic nitrogens is 2. The topological polar surface area (TPSA) is 37.5 Å². The van der Waals surface area contributed by atoms with Gasteiger partial charge < -0.3 is 9.51 Å². The Labute approximate surface area is 103 Å². The van der Waals surface area contributed by atoms with Crippen LogP contribution in [-0.4, -0.2) is 14.5 Å². The second-order valence-electron chi connectivity index (χ2n) is 4.34. The number of aliphatic hydroxyl groups is 1. The van der Waals surface area contributed by atoms with Gasteiger partial charge in [0.2, 0.25) is 0 Å². The molecule has 0 unspecified atom stereocenters. The molecule has 0 aliphatic heterocycles. The first-order chi connectivity index (χ1) is 7.61. The molecule has 0 fully saturated rings. The fraction of sp³-hybridized carbons (Fsp3) is 0.417. The van der Waals surface area contributed by atoms with Crippen molar-refractivity contribution in [2.75, 3.05) is 0 Å². The first-order valence-corrected chi connectivity index (χ1v) is 6.17. The summed E-state index contributed by atoms with van der Waals surface area (Å²) >= 11 is 3.43. The Balaban J connectivity index is 2.57. The lowest BCUT2D eigenvalue weighted by molar-refractivity contribution is 0.274. The second-order valence-corrected chi connectivity index (χ2v) is 5.25. The predicted octanol–water partition coefficient (Wildman–Crippen LogP) is 2.79. The molecule has 0 bridgehead atoms. The Morgan fingerprint density at radius 2 is 2.19 bits per heavy atom. The van der Waals surface area contributed by atoms with E-state index in [-0.39, 0.29) is 6.61 Å². The van der Waals surface area contributed by atoms with Gasteiger partial charge in [0.05, 0.1) is 18.0 Å². The number of aliphatic hydroxyl groups excluding tert-OH is 1. The highest BCUT2D eigenvalue weighted by Gasteiger charge is 2.12. The van der Waals surface area contributed by atoms with Gasteiger partial charge in [-0.1, -0.05) is 13.8 Å². The summed E-state index contributed by atoms with van der Waals surface area (Å²) in [5.41, 5.74) is 2.78. The minimum atomic E-state index is 0.0275. The minimum absolute atomic E-state index is 0.0275. The summed E-state index contributed by atoms with van der Waals surface area (Å²) in [5, 5.41) is 9.43. The molecule has 2 aromatic heterocycles. The third-order valence-electron chi connectivity index (χ3n) is 2.52. The molecule has 2 aromatic rings. The maximum Gasteiger partial charge on any atom is 0.137 e. The van der Waals surface area contributed by atoms with Gasteiger partial charge in [-0.2, -0.15) is 0 Å². The molecular formula is C12H15BrN2O. The van der Waals surface area contributed by atoms with Crippen LogP contribution in [0.2, 0.25) is 0 Å². The number of hydrogen-bond donors (Lipinski definition) is 1. The van der Waals surface area contributed by atoms with E-state index in [4.69, 9.17) is 0 Å². The van der Waals surface area contributed by atoms with E-state index in [1.54, 1.807) is 0 Å². The van der Waals surface area contributed by atoms with Crippen LogP contribution in [0.25, 0.3) is 5.65 Å². The molecule has 1 N–H and O–H groups in total. The zero-order valence-corrected chi connectivity index (χ0v) is 11.0. The summed E-state index contributed by atoms with van der Waals surface area (Å²) < 4.78 is 2.94. The summed E-state index contributed by atoms with van der Waals surface area (Å²) in [6.07, 6.45) is 2.84. The van der Waals surface area contributed by atoms with Crippen LogP contribution in [0.4, 0.5) is 0 Å². The Hall–Kier alpha value is -0.870. The van der Waals surface area contributed by atoms with Gasteiger partial charge in [0.25, 0.3) is 0 Å². The van der Waals surface area contributed by atoms with E-state index >= 15 is 0 Å². The number of imidazole rings is 1. The van der Waals surface area contributed by atoms with Gasteiger partial charge in [-0.05, 0) is 40.4 Å². The van der Waals surface area contributed by atoms with Crippen molar-refractivity contribution >= 4 is 21.6 Å². The van der Waals surface area contributed by atoms with Crippen molar-refractivity contribution in [1.82, 2.24) is 9.38 Å². The molecule has 2 heterocycles. The van der Waals surface area contributed by atoms with Crippen LogP contribution in [-0.2, 0) is 13.0 Å². The molecule has 0 aliphatic carbocycles. The minimum Gasteiger partial charge on any atom is -0.390 e. The quantitative estimate of drug-likeness (QED) is 0.940. The molecule has 16 heavy (non-hydrogen) atoms. The molecule has 0 aliphatic rings. The van der Waals surface area contributed by atoms with Crippen molar-refractivity contribution in [1.29, 1.82) is 0 Å². The third-order valence-corrected chi connectivity index (χ3v) is 2.98. The van der Waals surface area contributed by atoms with Gasteiger partial charge in [0, 0.05) is 10.7 Å². The predicted molar refractivity (Wildman–Crippen MR) is 67.4 cm³/mol. The zero-order chi connectivity index (χ0) is 11.7. The standard InChI is InChI=1S/C12H15BrN2O/c1-8(2)5-10-11(7-16)15-6-9(13)3-4-12(15)14-10/h3-4,6,8,16H,5,7H2,1-2H3. The van der Waals surface area contributed by atoms with Crippen LogP contribution in [0.3, 0.4) is 0 Å². The van der Waals surface area contributed by atoms with Gasteiger partial charge in [-0.3, -0.25) is 0 Å². The number of fused-ring (bicyclic) bond motifs is 1. The van der Waals surface area contributed by atoms with E-state index in [9.17, 15) is 5.11 Å². The largest absolute Gasteiger partial charge is 0.390 e. The van der Waals surface area contributed by atoms with Crippen molar-refractivity contribution in [3.63, 3.8) is 0 Å². The molecule has 0 aromatic carbocycles. The van der Waals surface area contributed by atoms with Gasteiger partial charge in [0.1, 0.15) is 5.65 Å². The lowest BCUT2D eigenvalue weighted by atomic mass is 10.1. The summed E-state index contributed by atoms with van der Waals surface area (Å²) in [5.74, 6) is 0.540. The Morgan fingerprint density at radius 3 is 2.81 bits per heavy atom. The lowest BCUT2D eigenvalue weighted by Gasteiger charge is -2.04. The summed E-state index contributed by atoms with van der Waals surface area (Å²) in [6.45, 7) is 4.34. The van der Waals surface area contributed by atoms with E-state index in [1.165, 1.54) is 0 Å². The molecule has 0 saturated heterocycles. The van der Waals surface area contributed by atoms with Crippen LogP contribution in [0, 0.1) is 5.92 Å². The molecule has 0 atom stereocenters. The van der Waals surface area contributed by atoms with Crippen molar-refractivity contribution in [3.05, 3.63) is 34.2 Å². The second kappa shape index (κ2) is 4.55. The number of nitrogens with zero attached hydrogens (tertiary/aromatic N) is 2. The molecular weight excluding hydrogens is 268 g/mol. The van der Waals surface area contributed by atoms with Crippen molar-refractivity contribution in [3.8, 4) is 0 Å². The van der Waals surface area contributed by atoms with E-state index < -0.39 is 0 Å². The number of rotatable bonds is 3. The fourth-order valence-corrected chi connectivity index (χ4v) is 2.17. The van der Waals surface area contributed by atoms with E-state index in [2.05, 4.69) is 34.8 Å². The highest BCUT2D eigenvalue weighted by molar-refractivity contribution is 9.10. The summed E-state index contributed by atoms with van der Waals surface area (Å²) in [4.78, 5) is 4.55. The monoisotopic (exact) mass is 282 g/mol. The average molecular weight is 283 g/mol. The normalized spacial score (nSPS) is 11.6. The Bertz CT molecular complexity index is 505. The maximum absolute atomic E-state index is 9.43. The van der Waals surface area contributed by atoms with E-state index in [0.29, 0.717) is 5.92 Å². The van der Waals surface area contributed by atoms with Gasteiger partial charge in [-0.25, -0.2) is 4.98 Å². The highest BCUT2D eigenvalue weighted by atomic mass is 79.9. The molecule has 0 amide bonds. The third kappa shape index (κ3) is 2.13. The zero-order valence-electron chi connectivity index (χ0n) is 9.44. The summed E-state index contributed by atoms with van der Waals surface area (Å²) in [7, 11) is 0. The van der Waals surface area contributed by atoms with Crippen molar-refractivity contribution in [2.45, 2.75) is 26.9 Å². The van der Waals surface area contributed by atoms with Crippen LogP contribution in [0.15, 0.2) is 22.8 Å². The number of hydrogen-bond acceptors (Lipinski definition) is 2. The highest BCUT2D eigenvalue weighted by Crippen LogP contribution is 2.19. The molecule has 0 spiro atoms. The number of halogens is 1.